The van der Waals surface area contributed by atoms with Crippen molar-refractivity contribution in [2.45, 2.75) is 33.6 Å². The monoisotopic (exact) mass is 378 g/mol. The first-order chi connectivity index (χ1) is 13.0. The topological polar surface area (TPSA) is 71.1 Å². The van der Waals surface area contributed by atoms with E-state index in [1.54, 1.807) is 13.8 Å². The van der Waals surface area contributed by atoms with Crippen LogP contribution in [0.5, 0.6) is 5.75 Å². The fourth-order valence-electron chi connectivity index (χ4n) is 2.50. The number of ether oxygens (including phenoxy) is 4. The Morgan fingerprint density at radius 1 is 1.07 bits per heavy atom. The minimum atomic E-state index is -0.956. The summed E-state index contributed by atoms with van der Waals surface area (Å²) in [6, 6.07) is 6.00. The smallest absolute Gasteiger partial charge is 0.320 e. The molecule has 0 radical (unpaired) electrons. The van der Waals surface area contributed by atoms with Gasteiger partial charge in [-0.1, -0.05) is 23.8 Å². The molecule has 0 saturated heterocycles. The third-order valence-electron chi connectivity index (χ3n) is 3.76. The van der Waals surface area contributed by atoms with Gasteiger partial charge < -0.3 is 18.9 Å². The van der Waals surface area contributed by atoms with Crippen LogP contribution in [0.2, 0.25) is 0 Å². The Labute approximate surface area is 161 Å². The summed E-state index contributed by atoms with van der Waals surface area (Å²) in [5, 5.41) is 0. The van der Waals surface area contributed by atoms with Gasteiger partial charge in [-0.2, -0.15) is 0 Å². The summed E-state index contributed by atoms with van der Waals surface area (Å²) in [6.07, 6.45) is 2.78. The third-order valence-corrected chi connectivity index (χ3v) is 3.76. The predicted octanol–water partition coefficient (Wildman–Crippen LogP) is 3.25. The number of benzene rings is 1. The highest BCUT2D eigenvalue weighted by Gasteiger charge is 2.29. The van der Waals surface area contributed by atoms with Crippen LogP contribution in [0.3, 0.4) is 0 Å². The van der Waals surface area contributed by atoms with E-state index in [1.165, 1.54) is 5.56 Å². The van der Waals surface area contributed by atoms with Gasteiger partial charge in [-0.25, -0.2) is 0 Å². The zero-order chi connectivity index (χ0) is 20.1. The fraction of sp³-hybridized carbons (Fsp3) is 0.524. The molecule has 0 N–H and O–H groups in total. The van der Waals surface area contributed by atoms with E-state index in [9.17, 15) is 9.59 Å². The number of carbonyl (C=O) groups excluding carboxylic acids is 2. The van der Waals surface area contributed by atoms with Crippen molar-refractivity contribution in [3.05, 3.63) is 42.0 Å². The number of carbonyl (C=O) groups is 2. The van der Waals surface area contributed by atoms with Crippen molar-refractivity contribution in [2.75, 3.05) is 33.0 Å². The molecule has 0 aliphatic heterocycles. The number of hydrogen-bond acceptors (Lipinski definition) is 6. The van der Waals surface area contributed by atoms with Gasteiger partial charge in [-0.3, -0.25) is 9.59 Å². The van der Waals surface area contributed by atoms with Crippen molar-refractivity contribution in [3.63, 3.8) is 0 Å². The molecule has 27 heavy (non-hydrogen) atoms. The number of esters is 2. The molecule has 0 saturated carbocycles. The number of hydrogen-bond donors (Lipinski definition) is 0. The maximum absolute atomic E-state index is 11.9. The molecule has 6 nitrogen and oxygen atoms in total. The maximum atomic E-state index is 11.9. The summed E-state index contributed by atoms with van der Waals surface area (Å²) in [6.45, 7) is 10.6. The van der Waals surface area contributed by atoms with Crippen molar-refractivity contribution in [3.8, 4) is 5.75 Å². The quantitative estimate of drug-likeness (QED) is 0.227. The van der Waals surface area contributed by atoms with Gasteiger partial charge in [0.15, 0.2) is 5.92 Å². The van der Waals surface area contributed by atoms with E-state index in [2.05, 4.69) is 12.6 Å². The molecule has 150 valence electrons. The molecular formula is C21H30O6. The lowest BCUT2D eigenvalue weighted by atomic mass is 10.1. The van der Waals surface area contributed by atoms with Gasteiger partial charge >= 0.3 is 11.9 Å². The Morgan fingerprint density at radius 2 is 1.74 bits per heavy atom. The van der Waals surface area contributed by atoms with Crippen LogP contribution >= 0.6 is 0 Å². The van der Waals surface area contributed by atoms with E-state index in [1.807, 2.05) is 25.1 Å². The van der Waals surface area contributed by atoms with E-state index >= 15 is 0 Å². The van der Waals surface area contributed by atoms with E-state index < -0.39 is 17.9 Å². The molecule has 0 heterocycles. The van der Waals surface area contributed by atoms with Crippen LogP contribution in [0.4, 0.5) is 0 Å². The Hall–Kier alpha value is -2.34. The zero-order valence-electron chi connectivity index (χ0n) is 16.5. The molecule has 0 amide bonds. The molecule has 0 fully saturated rings. The van der Waals surface area contributed by atoms with Crippen LogP contribution in [-0.2, 0) is 30.2 Å². The lowest BCUT2D eigenvalue weighted by Gasteiger charge is -2.15. The normalized spacial score (nSPS) is 10.5. The molecule has 1 rings (SSSR count). The first-order valence-electron chi connectivity index (χ1n) is 9.27. The molecule has 6 heteroatoms. The lowest BCUT2D eigenvalue weighted by Crippen LogP contribution is -2.29. The molecule has 1 aromatic rings. The van der Waals surface area contributed by atoms with Crippen molar-refractivity contribution in [1.82, 2.24) is 0 Å². The minimum Gasteiger partial charge on any atom is -0.491 e. The Kier molecular flexibility index (Phi) is 10.9. The van der Waals surface area contributed by atoms with Crippen molar-refractivity contribution >= 4 is 11.9 Å². The van der Waals surface area contributed by atoms with Crippen LogP contribution in [0, 0.1) is 12.8 Å². The molecule has 1 aromatic carbocycles. The predicted molar refractivity (Wildman–Crippen MR) is 103 cm³/mol. The molecule has 0 unspecified atom stereocenters. The summed E-state index contributed by atoms with van der Waals surface area (Å²) in [5.41, 5.74) is 2.24. The summed E-state index contributed by atoms with van der Waals surface area (Å²) < 4.78 is 21.1. The number of allylic oxidation sites excluding steroid dienone is 1. The molecule has 0 aliphatic carbocycles. The average molecular weight is 378 g/mol. The van der Waals surface area contributed by atoms with Gasteiger partial charge in [0.05, 0.1) is 19.8 Å². The summed E-state index contributed by atoms with van der Waals surface area (Å²) in [4.78, 5) is 23.8. The standard InChI is InChI=1S/C21H30O6/c1-5-8-17-15-16(4)9-10-19(17)27-14-13-24-12-11-18(20(22)25-6-2)21(23)26-7-3/h5,9-10,15,18H,1,6-8,11-14H2,2-4H3. The molecule has 0 bridgehead atoms. The lowest BCUT2D eigenvalue weighted by molar-refractivity contribution is -0.162. The average Bonchev–Trinajstić information content (AvgIpc) is 2.63. The fourth-order valence-corrected chi connectivity index (χ4v) is 2.50. The highest BCUT2D eigenvalue weighted by molar-refractivity contribution is 5.94. The molecular weight excluding hydrogens is 348 g/mol. The molecule has 0 atom stereocenters. The van der Waals surface area contributed by atoms with Crippen LogP contribution in [0.25, 0.3) is 0 Å². The van der Waals surface area contributed by atoms with Gasteiger partial charge in [-0.05, 0) is 45.2 Å². The highest BCUT2D eigenvalue weighted by atomic mass is 16.6. The summed E-state index contributed by atoms with van der Waals surface area (Å²) in [5.74, 6) is -1.31. The largest absolute Gasteiger partial charge is 0.491 e. The van der Waals surface area contributed by atoms with E-state index in [0.29, 0.717) is 13.2 Å². The molecule has 0 spiro atoms. The maximum Gasteiger partial charge on any atom is 0.320 e. The molecule has 0 aromatic heterocycles. The van der Waals surface area contributed by atoms with E-state index in [-0.39, 0.29) is 26.2 Å². The van der Waals surface area contributed by atoms with E-state index in [0.717, 1.165) is 17.7 Å². The first kappa shape index (κ1) is 22.7. The van der Waals surface area contributed by atoms with Gasteiger partial charge in [-0.15, -0.1) is 6.58 Å². The number of rotatable bonds is 13. The van der Waals surface area contributed by atoms with Crippen LogP contribution < -0.4 is 4.74 Å². The van der Waals surface area contributed by atoms with Crippen LogP contribution in [0.1, 0.15) is 31.4 Å². The van der Waals surface area contributed by atoms with Gasteiger partial charge in [0, 0.05) is 6.61 Å². The SMILES string of the molecule is C=CCc1cc(C)ccc1OCCOCCC(C(=O)OCC)C(=O)OCC. The van der Waals surface area contributed by atoms with Gasteiger partial charge in [0.2, 0.25) is 0 Å². The Balaban J connectivity index is 2.41. The highest BCUT2D eigenvalue weighted by Crippen LogP contribution is 2.21. The van der Waals surface area contributed by atoms with Crippen molar-refractivity contribution in [2.24, 2.45) is 5.92 Å². The Bertz CT molecular complexity index is 593. The third kappa shape index (κ3) is 8.26. The zero-order valence-corrected chi connectivity index (χ0v) is 16.5. The van der Waals surface area contributed by atoms with E-state index in [4.69, 9.17) is 18.9 Å². The van der Waals surface area contributed by atoms with Crippen LogP contribution in [-0.4, -0.2) is 45.0 Å². The van der Waals surface area contributed by atoms with Gasteiger partial charge in [0.1, 0.15) is 12.4 Å². The minimum absolute atomic E-state index is 0.212. The second kappa shape index (κ2) is 12.9. The second-order valence-electron chi connectivity index (χ2n) is 5.91. The second-order valence-corrected chi connectivity index (χ2v) is 5.91. The number of aryl methyl sites for hydroxylation is 1. The van der Waals surface area contributed by atoms with Crippen molar-refractivity contribution in [1.29, 1.82) is 0 Å². The van der Waals surface area contributed by atoms with Crippen LogP contribution in [0.15, 0.2) is 30.9 Å². The molecule has 0 aliphatic rings. The first-order valence-corrected chi connectivity index (χ1v) is 9.27. The Morgan fingerprint density at radius 3 is 2.33 bits per heavy atom. The van der Waals surface area contributed by atoms with Crippen molar-refractivity contribution < 1.29 is 28.5 Å². The summed E-state index contributed by atoms with van der Waals surface area (Å²) >= 11 is 0. The van der Waals surface area contributed by atoms with Gasteiger partial charge in [0.25, 0.3) is 0 Å². The summed E-state index contributed by atoms with van der Waals surface area (Å²) in [7, 11) is 0.